The lowest BCUT2D eigenvalue weighted by atomic mass is 10.1. The molecule has 1 heterocycles. The molecule has 0 radical (unpaired) electrons. The molecule has 1 amide bonds. The Morgan fingerprint density at radius 2 is 1.79 bits per heavy atom. The minimum Gasteiger partial charge on any atom is -0.497 e. The summed E-state index contributed by atoms with van der Waals surface area (Å²) >= 11 is 0. The Kier molecular flexibility index (Phi) is 6.46. The molecule has 0 aromatic heterocycles. The van der Waals surface area contributed by atoms with E-state index < -0.39 is 11.6 Å². The number of piperidine rings is 1. The number of nitrogens with zero attached hydrogens (tertiary/aromatic N) is 1. The van der Waals surface area contributed by atoms with Crippen LogP contribution in [0.25, 0.3) is 0 Å². The van der Waals surface area contributed by atoms with Crippen LogP contribution < -0.4 is 9.47 Å². The van der Waals surface area contributed by atoms with Crippen LogP contribution in [0.5, 0.6) is 11.5 Å². The van der Waals surface area contributed by atoms with Crippen molar-refractivity contribution < 1.29 is 27.8 Å². The molecule has 7 heteroatoms. The quantitative estimate of drug-likeness (QED) is 0.752. The topological polar surface area (TPSA) is 48.0 Å². The normalized spacial score (nSPS) is 16.7. The van der Waals surface area contributed by atoms with Crippen molar-refractivity contribution >= 4 is 5.91 Å². The van der Waals surface area contributed by atoms with Crippen molar-refractivity contribution in [2.45, 2.75) is 25.6 Å². The van der Waals surface area contributed by atoms with Gasteiger partial charge in [-0.3, -0.25) is 4.79 Å². The second kappa shape index (κ2) is 9.01. The van der Waals surface area contributed by atoms with Gasteiger partial charge in [-0.25, -0.2) is 8.78 Å². The molecule has 3 rings (SSSR count). The van der Waals surface area contributed by atoms with Gasteiger partial charge in [0, 0.05) is 24.7 Å². The third-order valence-corrected chi connectivity index (χ3v) is 4.73. The van der Waals surface area contributed by atoms with E-state index in [0.717, 1.165) is 25.0 Å². The molecule has 0 saturated carbocycles. The van der Waals surface area contributed by atoms with Crippen LogP contribution >= 0.6 is 0 Å². The summed E-state index contributed by atoms with van der Waals surface area (Å²) in [5.74, 6) is -0.810. The van der Waals surface area contributed by atoms with Gasteiger partial charge in [-0.1, -0.05) is 6.07 Å². The largest absolute Gasteiger partial charge is 0.497 e. The molecule has 1 fully saturated rings. The lowest BCUT2D eigenvalue weighted by Gasteiger charge is -2.33. The monoisotopic (exact) mass is 391 g/mol. The molecule has 28 heavy (non-hydrogen) atoms. The Balaban J connectivity index is 1.64. The van der Waals surface area contributed by atoms with Gasteiger partial charge in [0.1, 0.15) is 11.5 Å². The maximum Gasteiger partial charge on any atom is 0.254 e. The first-order valence-corrected chi connectivity index (χ1v) is 9.08. The molecule has 0 bridgehead atoms. The van der Waals surface area contributed by atoms with Crippen LogP contribution in [0.2, 0.25) is 0 Å². The number of amides is 1. The van der Waals surface area contributed by atoms with E-state index >= 15 is 0 Å². The first-order chi connectivity index (χ1) is 13.5. The molecule has 1 atom stereocenters. The molecule has 2 aromatic rings. The molecule has 150 valence electrons. The van der Waals surface area contributed by atoms with Crippen LogP contribution in [0.4, 0.5) is 8.78 Å². The molecule has 1 unspecified atom stereocenters. The molecule has 5 nitrogen and oxygen atoms in total. The minimum absolute atomic E-state index is 0.127. The summed E-state index contributed by atoms with van der Waals surface area (Å²) in [5.41, 5.74) is 1.04. The van der Waals surface area contributed by atoms with E-state index in [1.165, 1.54) is 20.3 Å². The number of halogens is 2. The van der Waals surface area contributed by atoms with E-state index in [-0.39, 0.29) is 18.6 Å². The highest BCUT2D eigenvalue weighted by atomic mass is 19.2. The Hall–Kier alpha value is -2.67. The fraction of sp³-hybridized carbons (Fsp3) is 0.381. The molecule has 0 N–H and O–H groups in total. The fourth-order valence-corrected chi connectivity index (χ4v) is 3.22. The van der Waals surface area contributed by atoms with Crippen LogP contribution in [-0.4, -0.2) is 44.2 Å². The van der Waals surface area contributed by atoms with Crippen molar-refractivity contribution in [3.63, 3.8) is 0 Å². The highest BCUT2D eigenvalue weighted by molar-refractivity contribution is 5.95. The Morgan fingerprint density at radius 3 is 2.43 bits per heavy atom. The lowest BCUT2D eigenvalue weighted by molar-refractivity contribution is -0.00683. The van der Waals surface area contributed by atoms with Gasteiger partial charge < -0.3 is 19.1 Å². The number of carbonyl (C=O) groups is 1. The summed E-state index contributed by atoms with van der Waals surface area (Å²) in [6.45, 7) is 1.22. The van der Waals surface area contributed by atoms with E-state index in [1.807, 2.05) is 0 Å². The van der Waals surface area contributed by atoms with Crippen molar-refractivity contribution in [1.82, 2.24) is 4.90 Å². The number of hydrogen-bond donors (Lipinski definition) is 0. The van der Waals surface area contributed by atoms with Gasteiger partial charge in [-0.15, -0.1) is 0 Å². The maximum atomic E-state index is 13.3. The second-order valence-electron chi connectivity index (χ2n) is 6.68. The van der Waals surface area contributed by atoms with Crippen LogP contribution in [0.1, 0.15) is 28.8 Å². The summed E-state index contributed by atoms with van der Waals surface area (Å²) in [4.78, 5) is 14.6. The first kappa shape index (κ1) is 20.1. The maximum absolute atomic E-state index is 13.3. The molecular formula is C21H23F2NO4. The number of benzene rings is 2. The van der Waals surface area contributed by atoms with Crippen LogP contribution in [0.15, 0.2) is 36.4 Å². The average Bonchev–Trinajstić information content (AvgIpc) is 2.73. The number of ether oxygens (including phenoxy) is 3. The summed E-state index contributed by atoms with van der Waals surface area (Å²) < 4.78 is 42.6. The molecule has 1 aliphatic heterocycles. The Bertz CT molecular complexity index is 821. The van der Waals surface area contributed by atoms with Gasteiger partial charge in [0.15, 0.2) is 11.6 Å². The Labute approximate surface area is 162 Å². The minimum atomic E-state index is -0.895. The van der Waals surface area contributed by atoms with E-state index in [9.17, 15) is 13.6 Å². The van der Waals surface area contributed by atoms with Gasteiger partial charge in [-0.2, -0.15) is 0 Å². The molecular weight excluding hydrogens is 368 g/mol. The molecule has 1 saturated heterocycles. The Morgan fingerprint density at radius 1 is 1.07 bits per heavy atom. The van der Waals surface area contributed by atoms with Gasteiger partial charge in [-0.05, 0) is 42.7 Å². The van der Waals surface area contributed by atoms with Crippen LogP contribution in [-0.2, 0) is 11.3 Å². The van der Waals surface area contributed by atoms with Crippen molar-refractivity contribution in [1.29, 1.82) is 0 Å². The highest BCUT2D eigenvalue weighted by Gasteiger charge is 2.26. The van der Waals surface area contributed by atoms with Crippen LogP contribution in [0.3, 0.4) is 0 Å². The summed E-state index contributed by atoms with van der Waals surface area (Å²) in [6, 6.07) is 8.77. The molecule has 1 aliphatic rings. The average molecular weight is 391 g/mol. The number of methoxy groups -OCH3 is 2. The molecule has 0 aliphatic carbocycles. The smallest absolute Gasteiger partial charge is 0.254 e. The van der Waals surface area contributed by atoms with E-state index in [1.54, 1.807) is 23.1 Å². The summed E-state index contributed by atoms with van der Waals surface area (Å²) in [6.07, 6.45) is 1.43. The number of rotatable bonds is 6. The summed E-state index contributed by atoms with van der Waals surface area (Å²) in [7, 11) is 3.07. The van der Waals surface area contributed by atoms with Gasteiger partial charge in [0.2, 0.25) is 0 Å². The van der Waals surface area contributed by atoms with E-state index in [4.69, 9.17) is 14.2 Å². The summed E-state index contributed by atoms with van der Waals surface area (Å²) in [5, 5.41) is 0. The number of likely N-dealkylation sites (tertiary alicyclic amines) is 1. The number of carbonyl (C=O) groups excluding carboxylic acids is 1. The predicted molar refractivity (Wildman–Crippen MR) is 99.6 cm³/mol. The molecule has 0 spiro atoms. The first-order valence-electron chi connectivity index (χ1n) is 9.08. The van der Waals surface area contributed by atoms with Gasteiger partial charge >= 0.3 is 0 Å². The second-order valence-corrected chi connectivity index (χ2v) is 6.68. The molecule has 2 aromatic carbocycles. The van der Waals surface area contributed by atoms with Crippen molar-refractivity contribution in [3.8, 4) is 11.5 Å². The third-order valence-electron chi connectivity index (χ3n) is 4.73. The third kappa shape index (κ3) is 4.78. The van der Waals surface area contributed by atoms with Gasteiger partial charge in [0.25, 0.3) is 5.91 Å². The highest BCUT2D eigenvalue weighted by Crippen LogP contribution is 2.25. The van der Waals surface area contributed by atoms with Crippen molar-refractivity contribution in [2.24, 2.45) is 0 Å². The number of hydrogen-bond acceptors (Lipinski definition) is 4. The fourth-order valence-electron chi connectivity index (χ4n) is 3.22. The lowest BCUT2D eigenvalue weighted by Crippen LogP contribution is -2.43. The standard InChI is InChI=1S/C21H23F2NO4/c1-26-17-9-15(10-18(11-17)27-2)21(25)24-7-3-4-16(12-24)28-13-14-5-6-19(22)20(23)8-14/h5-6,8-11,16H,3-4,7,12-13H2,1-2H3. The van der Waals surface area contributed by atoms with Crippen molar-refractivity contribution in [3.05, 3.63) is 59.2 Å². The van der Waals surface area contributed by atoms with E-state index in [2.05, 4.69) is 0 Å². The zero-order valence-electron chi connectivity index (χ0n) is 15.9. The SMILES string of the molecule is COc1cc(OC)cc(C(=O)N2CCCC(OCc3ccc(F)c(F)c3)C2)c1. The van der Waals surface area contributed by atoms with Gasteiger partial charge in [0.05, 0.1) is 26.9 Å². The van der Waals surface area contributed by atoms with Crippen molar-refractivity contribution in [2.75, 3.05) is 27.3 Å². The predicted octanol–water partition coefficient (Wildman–Crippen LogP) is 3.80. The van der Waals surface area contributed by atoms with Crippen LogP contribution in [0, 0.1) is 11.6 Å². The van der Waals surface area contributed by atoms with E-state index in [0.29, 0.717) is 35.7 Å². The zero-order valence-corrected chi connectivity index (χ0v) is 15.9. The zero-order chi connectivity index (χ0) is 20.1.